The van der Waals surface area contributed by atoms with Crippen molar-refractivity contribution in [2.45, 2.75) is 44.9 Å². The molecule has 0 heterocycles. The van der Waals surface area contributed by atoms with Gasteiger partial charge in [0.15, 0.2) is 17.2 Å². The van der Waals surface area contributed by atoms with E-state index in [9.17, 15) is 39.6 Å². The molecular weight excluding hydrogens is 532 g/mol. The summed E-state index contributed by atoms with van der Waals surface area (Å²) in [6.07, 6.45) is 0.0149. The molecule has 0 saturated heterocycles. The summed E-state index contributed by atoms with van der Waals surface area (Å²) in [5, 5.41) is 60.2. The van der Waals surface area contributed by atoms with Gasteiger partial charge in [-0.1, -0.05) is 12.1 Å². The Morgan fingerprint density at radius 3 is 2.34 bits per heavy atom. The first kappa shape index (κ1) is 28.1. The number of allylic oxidation sites excluding steroid dienone is 1. The Hall–Kier alpha value is -4.48. The molecule has 41 heavy (non-hydrogen) atoms. The van der Waals surface area contributed by atoms with E-state index in [0.717, 1.165) is 12.5 Å². The minimum atomic E-state index is -2.54. The molecule has 2 aromatic carbocycles. The molecule has 0 radical (unpaired) electrons. The molecule has 0 aliphatic heterocycles. The third-order valence-corrected chi connectivity index (χ3v) is 8.36. The van der Waals surface area contributed by atoms with Gasteiger partial charge in [0, 0.05) is 49.3 Å². The number of carboxylic acids is 1. The summed E-state index contributed by atoms with van der Waals surface area (Å²) >= 11 is 0. The number of rotatable bonds is 7. The van der Waals surface area contributed by atoms with Gasteiger partial charge in [-0.05, 0) is 55.0 Å². The summed E-state index contributed by atoms with van der Waals surface area (Å²) in [7, 11) is 1.68. The Labute approximate surface area is 234 Å². The van der Waals surface area contributed by atoms with Gasteiger partial charge < -0.3 is 36.2 Å². The zero-order chi connectivity index (χ0) is 29.8. The quantitative estimate of drug-likeness (QED) is 0.194. The molecule has 11 heteroatoms. The Morgan fingerprint density at radius 1 is 1.05 bits per heavy atom. The van der Waals surface area contributed by atoms with Crippen molar-refractivity contribution in [3.05, 3.63) is 75.1 Å². The van der Waals surface area contributed by atoms with Crippen LogP contribution < -0.4 is 10.6 Å². The molecule has 1 saturated carbocycles. The van der Waals surface area contributed by atoms with Crippen molar-refractivity contribution in [1.29, 1.82) is 0 Å². The lowest BCUT2D eigenvalue weighted by molar-refractivity contribution is -0.147. The van der Waals surface area contributed by atoms with Gasteiger partial charge in [-0.25, -0.2) is 4.79 Å². The number of fused-ring (bicyclic) bond motifs is 3. The number of aliphatic hydroxyl groups excluding tert-OH is 2. The summed E-state index contributed by atoms with van der Waals surface area (Å²) in [4.78, 5) is 49.4. The van der Waals surface area contributed by atoms with Crippen molar-refractivity contribution in [1.82, 2.24) is 5.32 Å². The fraction of sp³-hybridized carbons (Fsp3) is 0.333. The normalized spacial score (nSPS) is 23.6. The number of anilines is 1. The van der Waals surface area contributed by atoms with Crippen LogP contribution in [0.5, 0.6) is 5.75 Å². The van der Waals surface area contributed by atoms with Gasteiger partial charge in [0.25, 0.3) is 0 Å². The molecule has 5 rings (SSSR count). The van der Waals surface area contributed by atoms with E-state index in [1.807, 2.05) is 0 Å². The molecule has 7 N–H and O–H groups in total. The standard InChI is InChI=1S/C30H30N2O9/c1-13(33)22-21(34)10-18-7-16-8-19-20(31-2)9-17(12-32-11-14-3-5-15(6-4-14)29(39)40)25(35)24(19)26(36)23(16)28(38)30(18,41)27(22)37/h3-6,9,16,18,31-32,35-37,41H,7-8,10-12H2,1-2H3,(H,39,40)/t16?,18?,30-/m1/s1. The summed E-state index contributed by atoms with van der Waals surface area (Å²) in [6.45, 7) is 1.58. The largest absolute Gasteiger partial charge is 0.508 e. The number of phenolic OH excluding ortho intramolecular Hbond substituents is 1. The summed E-state index contributed by atoms with van der Waals surface area (Å²) in [6, 6.07) is 8.05. The van der Waals surface area contributed by atoms with Crippen molar-refractivity contribution < 1.29 is 44.7 Å². The van der Waals surface area contributed by atoms with Crippen LogP contribution in [0.15, 0.2) is 47.2 Å². The average molecular weight is 563 g/mol. The predicted molar refractivity (Wildman–Crippen MR) is 146 cm³/mol. The Balaban J connectivity index is 1.50. The number of carbonyl (C=O) groups is 4. The highest BCUT2D eigenvalue weighted by atomic mass is 16.4. The first-order valence-electron chi connectivity index (χ1n) is 13.2. The summed E-state index contributed by atoms with van der Waals surface area (Å²) < 4.78 is 0. The van der Waals surface area contributed by atoms with Crippen molar-refractivity contribution in [2.24, 2.45) is 11.8 Å². The van der Waals surface area contributed by atoms with Gasteiger partial charge in [0.2, 0.25) is 5.78 Å². The van der Waals surface area contributed by atoms with E-state index >= 15 is 0 Å². The molecule has 2 aromatic rings. The van der Waals surface area contributed by atoms with Crippen molar-refractivity contribution in [2.75, 3.05) is 12.4 Å². The van der Waals surface area contributed by atoms with Crippen LogP contribution in [0, 0.1) is 11.8 Å². The predicted octanol–water partition coefficient (Wildman–Crippen LogP) is 2.56. The van der Waals surface area contributed by atoms with Gasteiger partial charge in [-0.15, -0.1) is 0 Å². The third-order valence-electron chi connectivity index (χ3n) is 8.36. The van der Waals surface area contributed by atoms with E-state index in [1.54, 1.807) is 25.2 Å². The number of ketones is 3. The number of phenols is 1. The average Bonchev–Trinajstić information content (AvgIpc) is 2.92. The second-order valence-electron chi connectivity index (χ2n) is 10.7. The molecule has 0 aromatic heterocycles. The molecule has 0 spiro atoms. The van der Waals surface area contributed by atoms with Crippen LogP contribution in [-0.2, 0) is 33.9 Å². The van der Waals surface area contributed by atoms with Gasteiger partial charge in [-0.2, -0.15) is 0 Å². The Kier molecular flexibility index (Phi) is 6.96. The van der Waals surface area contributed by atoms with Gasteiger partial charge in [0.05, 0.1) is 11.1 Å². The minimum absolute atomic E-state index is 0.0308. The maximum absolute atomic E-state index is 13.7. The third kappa shape index (κ3) is 4.37. The van der Waals surface area contributed by atoms with Crippen molar-refractivity contribution >= 4 is 34.8 Å². The van der Waals surface area contributed by atoms with Crippen LogP contribution in [0.2, 0.25) is 0 Å². The fourth-order valence-electron chi connectivity index (χ4n) is 6.32. The van der Waals surface area contributed by atoms with E-state index in [-0.39, 0.29) is 48.3 Å². The molecule has 3 aliphatic rings. The second-order valence-corrected chi connectivity index (χ2v) is 10.7. The molecule has 0 amide bonds. The highest BCUT2D eigenvalue weighted by Gasteiger charge is 2.60. The zero-order valence-corrected chi connectivity index (χ0v) is 22.4. The van der Waals surface area contributed by atoms with Crippen LogP contribution in [0.4, 0.5) is 5.69 Å². The number of benzene rings is 2. The van der Waals surface area contributed by atoms with E-state index < -0.39 is 57.8 Å². The molecule has 2 unspecified atom stereocenters. The smallest absolute Gasteiger partial charge is 0.335 e. The summed E-state index contributed by atoms with van der Waals surface area (Å²) in [5.74, 6) is -6.79. The molecular formula is C30H30N2O9. The number of aliphatic hydroxyl groups is 3. The Morgan fingerprint density at radius 2 is 1.73 bits per heavy atom. The van der Waals surface area contributed by atoms with Crippen molar-refractivity contribution in [3.63, 3.8) is 0 Å². The van der Waals surface area contributed by atoms with Crippen LogP contribution >= 0.6 is 0 Å². The maximum Gasteiger partial charge on any atom is 0.335 e. The lowest BCUT2D eigenvalue weighted by Crippen LogP contribution is -2.57. The number of hydrogen-bond donors (Lipinski definition) is 7. The molecule has 0 bridgehead atoms. The highest BCUT2D eigenvalue weighted by Crippen LogP contribution is 2.53. The number of hydrogen-bond acceptors (Lipinski definition) is 10. The van der Waals surface area contributed by atoms with E-state index in [4.69, 9.17) is 5.11 Å². The minimum Gasteiger partial charge on any atom is -0.508 e. The molecule has 1 fully saturated rings. The van der Waals surface area contributed by atoms with E-state index in [1.165, 1.54) is 12.1 Å². The number of Topliss-reactive ketones (excluding diaryl/α,β-unsaturated/α-hetero) is 3. The first-order valence-corrected chi connectivity index (χ1v) is 13.2. The molecule has 11 nitrogen and oxygen atoms in total. The summed E-state index contributed by atoms with van der Waals surface area (Å²) in [5.41, 5.74) is -0.727. The maximum atomic E-state index is 13.7. The number of carboxylic acid groups (broad SMARTS) is 1. The monoisotopic (exact) mass is 562 g/mol. The molecule has 3 atom stereocenters. The number of nitrogens with one attached hydrogen (secondary N) is 2. The topological polar surface area (TPSA) is 193 Å². The lowest BCUT2D eigenvalue weighted by atomic mass is 9.59. The highest BCUT2D eigenvalue weighted by molar-refractivity contribution is 6.23. The van der Waals surface area contributed by atoms with Crippen LogP contribution in [0.1, 0.15) is 52.4 Å². The van der Waals surface area contributed by atoms with E-state index in [2.05, 4.69) is 10.6 Å². The zero-order valence-electron chi connectivity index (χ0n) is 22.4. The van der Waals surface area contributed by atoms with Crippen LogP contribution in [-0.4, -0.2) is 61.5 Å². The van der Waals surface area contributed by atoms with Crippen LogP contribution in [0.25, 0.3) is 5.76 Å². The number of aromatic carboxylic acids is 1. The SMILES string of the molecule is CNc1cc(CNCc2ccc(C(=O)O)cc2)c(O)c2c1CC1CC3CC(=O)C(C(C)=O)=C(O)[C@@]3(O)C(=O)C1=C2O. The van der Waals surface area contributed by atoms with Gasteiger partial charge in [0.1, 0.15) is 22.8 Å². The second kappa shape index (κ2) is 10.2. The van der Waals surface area contributed by atoms with Gasteiger partial charge in [-0.3, -0.25) is 14.4 Å². The number of aromatic hydroxyl groups is 1. The first-order chi connectivity index (χ1) is 19.4. The van der Waals surface area contributed by atoms with Gasteiger partial charge >= 0.3 is 5.97 Å². The molecule has 3 aliphatic carbocycles. The Bertz CT molecular complexity index is 1570. The number of carbonyl (C=O) groups excluding carboxylic acids is 3. The molecule has 214 valence electrons. The van der Waals surface area contributed by atoms with Crippen molar-refractivity contribution in [3.8, 4) is 5.75 Å². The fourth-order valence-corrected chi connectivity index (χ4v) is 6.32. The van der Waals surface area contributed by atoms with E-state index in [0.29, 0.717) is 23.4 Å². The van der Waals surface area contributed by atoms with Crippen LogP contribution in [0.3, 0.4) is 0 Å². The lowest BCUT2D eigenvalue weighted by Gasteiger charge is -2.46.